The van der Waals surface area contributed by atoms with E-state index in [1.54, 1.807) is 7.05 Å². The van der Waals surface area contributed by atoms with Gasteiger partial charge in [0.25, 0.3) is 0 Å². The van der Waals surface area contributed by atoms with Gasteiger partial charge < -0.3 is 0 Å². The summed E-state index contributed by atoms with van der Waals surface area (Å²) in [4.78, 5) is 0. The van der Waals surface area contributed by atoms with Crippen LogP contribution < -0.4 is 0 Å². The van der Waals surface area contributed by atoms with E-state index in [1.807, 2.05) is 0 Å². The van der Waals surface area contributed by atoms with E-state index in [9.17, 15) is 0 Å². The van der Waals surface area contributed by atoms with Crippen LogP contribution in [-0.2, 0) is 7.05 Å². The monoisotopic (exact) mass is 178 g/mol. The van der Waals surface area contributed by atoms with Crippen molar-refractivity contribution in [3.63, 3.8) is 0 Å². The van der Waals surface area contributed by atoms with Gasteiger partial charge in [0.05, 0.1) is 5.69 Å². The molecule has 0 radical (unpaired) electrons. The van der Waals surface area contributed by atoms with E-state index in [4.69, 9.17) is 4.11 Å². The minimum absolute atomic E-state index is 0.000000000000000444. The van der Waals surface area contributed by atoms with E-state index in [-0.39, 0.29) is 5.69 Å². The van der Waals surface area contributed by atoms with Crippen LogP contribution in [0.4, 0.5) is 0 Å². The molecular weight excluding hydrogens is 170 g/mol. The first-order chi connectivity index (χ1) is 4.93. The molecule has 44 valence electrons. The van der Waals surface area contributed by atoms with Crippen molar-refractivity contribution in [2.24, 2.45) is 7.05 Å². The van der Waals surface area contributed by atoms with E-state index in [0.717, 1.165) is 0 Å². The van der Waals surface area contributed by atoms with Gasteiger partial charge in [-0.05, 0) is 22.8 Å². The molecule has 3 nitrogen and oxygen atoms in total. The van der Waals surface area contributed by atoms with E-state index >= 15 is 0 Å². The Labute approximate surface area is 60.0 Å². The summed E-state index contributed by atoms with van der Waals surface area (Å²) in [5.74, 6) is 0. The van der Waals surface area contributed by atoms with E-state index in [2.05, 4.69) is 26.2 Å². The zero-order chi connectivity index (χ0) is 8.65. The number of hydrogen-bond acceptors (Lipinski definition) is 2. The summed E-state index contributed by atoms with van der Waals surface area (Å²) in [6.45, 7) is -2.19. The Bertz CT molecular complexity index is 266. The van der Waals surface area contributed by atoms with E-state index in [1.165, 1.54) is 4.68 Å². The molecule has 1 aromatic heterocycles. The number of hydrogen-bond donors (Lipinski definition) is 0. The van der Waals surface area contributed by atoms with Gasteiger partial charge in [-0.3, -0.25) is 0 Å². The van der Waals surface area contributed by atoms with Crippen molar-refractivity contribution >= 4 is 15.9 Å². The molecule has 0 aliphatic rings. The quantitative estimate of drug-likeness (QED) is 0.591. The van der Waals surface area contributed by atoms with Crippen molar-refractivity contribution in [1.82, 2.24) is 15.0 Å². The third-order valence-corrected chi connectivity index (χ3v) is 1.65. The first-order valence-corrected chi connectivity index (χ1v) is 2.78. The van der Waals surface area contributed by atoms with Crippen LogP contribution in [0.15, 0.2) is 4.60 Å². The summed E-state index contributed by atoms with van der Waals surface area (Å²) < 4.78 is 22.8. The highest BCUT2D eigenvalue weighted by atomic mass is 79.9. The highest BCUT2D eigenvalue weighted by Crippen LogP contribution is 2.09. The maximum Gasteiger partial charge on any atom is 0.126 e. The predicted octanol–water partition coefficient (Wildman–Crippen LogP) is 0.886. The van der Waals surface area contributed by atoms with Crippen molar-refractivity contribution in [3.8, 4) is 0 Å². The van der Waals surface area contributed by atoms with E-state index in [0.29, 0.717) is 4.60 Å². The Hall–Kier alpha value is -0.380. The van der Waals surface area contributed by atoms with Crippen LogP contribution in [0.5, 0.6) is 0 Å². The third-order valence-electron chi connectivity index (χ3n) is 0.758. The molecular formula is C4H6BrN3. The molecule has 8 heavy (non-hydrogen) atoms. The molecule has 1 rings (SSSR count). The van der Waals surface area contributed by atoms with Crippen molar-refractivity contribution in [1.29, 1.82) is 0 Å². The first kappa shape index (κ1) is 2.96. The molecule has 0 atom stereocenters. The van der Waals surface area contributed by atoms with Crippen molar-refractivity contribution < 1.29 is 4.11 Å². The second kappa shape index (κ2) is 1.85. The number of halogens is 1. The zero-order valence-corrected chi connectivity index (χ0v) is 5.81. The molecule has 1 heterocycles. The molecule has 0 aliphatic carbocycles. The highest BCUT2D eigenvalue weighted by molar-refractivity contribution is 9.10. The summed E-state index contributed by atoms with van der Waals surface area (Å²) in [5.41, 5.74) is 0.000000000000000444. The Morgan fingerprint density at radius 3 is 2.88 bits per heavy atom. The van der Waals surface area contributed by atoms with Gasteiger partial charge in [0.1, 0.15) is 4.60 Å². The lowest BCUT2D eigenvalue weighted by molar-refractivity contribution is 0.702. The van der Waals surface area contributed by atoms with Gasteiger partial charge >= 0.3 is 0 Å². The van der Waals surface area contributed by atoms with Crippen LogP contribution in [0.25, 0.3) is 0 Å². The molecule has 0 unspecified atom stereocenters. The van der Waals surface area contributed by atoms with E-state index < -0.39 is 6.85 Å². The Morgan fingerprint density at radius 2 is 2.62 bits per heavy atom. The SMILES string of the molecule is [2H]C([2H])([2H])c1nnn(C)c1Br. The summed E-state index contributed by atoms with van der Waals surface area (Å²) >= 11 is 3.06. The highest BCUT2D eigenvalue weighted by Gasteiger charge is 1.98. The molecule has 0 aromatic carbocycles. The topological polar surface area (TPSA) is 30.7 Å². The maximum absolute atomic E-state index is 7.01. The zero-order valence-electron chi connectivity index (χ0n) is 7.22. The lowest BCUT2D eigenvalue weighted by Crippen LogP contribution is -1.88. The molecule has 0 amide bonds. The number of aromatic nitrogens is 3. The largest absolute Gasteiger partial charge is 0.241 e. The molecule has 0 saturated heterocycles. The molecule has 4 heteroatoms. The second-order valence-corrected chi connectivity index (χ2v) is 2.10. The molecule has 0 N–H and O–H groups in total. The minimum Gasteiger partial charge on any atom is -0.241 e. The fraction of sp³-hybridized carbons (Fsp3) is 0.500. The van der Waals surface area contributed by atoms with Crippen molar-refractivity contribution in [2.45, 2.75) is 6.85 Å². The standard InChI is InChI=1S/C4H6BrN3/c1-3-4(5)8(2)7-6-3/h1-2H3/i1D3. The number of aryl methyl sites for hydroxylation is 2. The predicted molar refractivity (Wildman–Crippen MR) is 33.4 cm³/mol. The Morgan fingerprint density at radius 1 is 1.88 bits per heavy atom. The van der Waals surface area contributed by atoms with Crippen LogP contribution in [0.2, 0.25) is 0 Å². The lowest BCUT2D eigenvalue weighted by Gasteiger charge is -1.85. The third kappa shape index (κ3) is 0.753. The van der Waals surface area contributed by atoms with Gasteiger partial charge in [-0.1, -0.05) is 5.21 Å². The second-order valence-electron chi connectivity index (χ2n) is 1.35. The smallest absolute Gasteiger partial charge is 0.126 e. The van der Waals surface area contributed by atoms with Gasteiger partial charge in [-0.25, -0.2) is 4.68 Å². The number of nitrogens with zero attached hydrogens (tertiary/aromatic N) is 3. The molecule has 0 saturated carbocycles. The number of rotatable bonds is 0. The van der Waals surface area contributed by atoms with Gasteiger partial charge in [0.15, 0.2) is 0 Å². The van der Waals surface area contributed by atoms with Crippen LogP contribution in [0, 0.1) is 6.85 Å². The van der Waals surface area contributed by atoms with Gasteiger partial charge in [-0.2, -0.15) is 0 Å². The summed E-state index contributed by atoms with van der Waals surface area (Å²) in [7, 11) is 1.62. The average Bonchev–Trinajstić information content (AvgIpc) is 2.11. The van der Waals surface area contributed by atoms with Crippen molar-refractivity contribution in [3.05, 3.63) is 10.3 Å². The van der Waals surface area contributed by atoms with Gasteiger partial charge in [0, 0.05) is 11.2 Å². The van der Waals surface area contributed by atoms with Gasteiger partial charge in [0.2, 0.25) is 0 Å². The van der Waals surface area contributed by atoms with Crippen LogP contribution in [-0.4, -0.2) is 15.0 Å². The van der Waals surface area contributed by atoms with Crippen LogP contribution in [0.1, 0.15) is 9.81 Å². The molecule has 0 fully saturated rings. The Kier molecular flexibility index (Phi) is 0.686. The molecule has 0 spiro atoms. The fourth-order valence-electron chi connectivity index (χ4n) is 0.346. The van der Waals surface area contributed by atoms with Crippen LogP contribution >= 0.6 is 15.9 Å². The molecule has 0 bridgehead atoms. The maximum atomic E-state index is 7.01. The molecule has 0 aliphatic heterocycles. The average molecular weight is 179 g/mol. The van der Waals surface area contributed by atoms with Crippen LogP contribution in [0.3, 0.4) is 0 Å². The fourth-order valence-corrected chi connectivity index (χ4v) is 0.496. The normalized spacial score (nSPS) is 17.0. The van der Waals surface area contributed by atoms with Gasteiger partial charge in [-0.15, -0.1) is 5.10 Å². The summed E-state index contributed by atoms with van der Waals surface area (Å²) in [6.07, 6.45) is 0. The Balaban J connectivity index is 3.15. The minimum atomic E-state index is -2.19. The lowest BCUT2D eigenvalue weighted by atomic mass is 10.6. The van der Waals surface area contributed by atoms with Crippen molar-refractivity contribution in [2.75, 3.05) is 0 Å². The molecule has 1 aromatic rings. The summed E-state index contributed by atoms with van der Waals surface area (Å²) in [5, 5.41) is 7.03. The first-order valence-electron chi connectivity index (χ1n) is 3.48. The summed E-state index contributed by atoms with van der Waals surface area (Å²) in [6, 6.07) is 0.